The van der Waals surface area contributed by atoms with Crippen LogP contribution in [0, 0.1) is 0 Å². The smallest absolute Gasteiger partial charge is 0.416 e. The minimum atomic E-state index is -4.55. The number of phenols is 1. The Morgan fingerprint density at radius 2 is 1.60 bits per heavy atom. The lowest BCUT2D eigenvalue weighted by atomic mass is 9.98. The Bertz CT molecular complexity index is 1660. The number of phenolic OH excluding ortho intramolecular Hbond substituents is 1. The first-order valence-corrected chi connectivity index (χ1v) is 12.8. The Balaban J connectivity index is 1.69. The van der Waals surface area contributed by atoms with Gasteiger partial charge in [0.2, 0.25) is 0 Å². The SMILES string of the molecule is CC(C)(C)OC(=O)[C@H](Cc1ccc(O)cc1)NC(=O)c1cc(C(=O)O)c2cc(-c3cccc(C(F)(F)F)c3)ccc2n1. The van der Waals surface area contributed by atoms with Crippen LogP contribution in [-0.4, -0.2) is 44.7 Å². The highest BCUT2D eigenvalue weighted by atomic mass is 19.4. The molecule has 0 radical (unpaired) electrons. The maximum absolute atomic E-state index is 13.3. The van der Waals surface area contributed by atoms with Gasteiger partial charge in [-0.05, 0) is 79.9 Å². The Morgan fingerprint density at radius 3 is 2.21 bits per heavy atom. The number of carbonyl (C=O) groups excluding carboxylic acids is 2. The van der Waals surface area contributed by atoms with Gasteiger partial charge in [-0.2, -0.15) is 13.2 Å². The van der Waals surface area contributed by atoms with Crippen LogP contribution in [-0.2, 0) is 22.1 Å². The number of benzene rings is 3. The highest BCUT2D eigenvalue weighted by Gasteiger charge is 2.31. The zero-order valence-corrected chi connectivity index (χ0v) is 22.8. The summed E-state index contributed by atoms with van der Waals surface area (Å²) >= 11 is 0. The number of carboxylic acids is 1. The molecule has 0 aliphatic carbocycles. The number of hydrogen-bond donors (Lipinski definition) is 3. The molecule has 42 heavy (non-hydrogen) atoms. The molecular formula is C31H27F3N2O6. The van der Waals surface area contributed by atoms with Gasteiger partial charge in [-0.15, -0.1) is 0 Å². The standard InChI is InChI=1S/C31H27F3N2O6/c1-30(2,3)42-29(41)26(13-17-7-10-21(37)11-8-17)36-27(38)25-16-23(28(39)40)22-15-19(9-12-24(22)35-25)18-5-4-6-20(14-18)31(32,33)34/h4-12,14-16,26,37H,13H2,1-3H3,(H,36,38)(H,39,40)/t26-/m0/s1. The fourth-order valence-corrected chi connectivity index (χ4v) is 4.24. The number of carbonyl (C=O) groups is 3. The van der Waals surface area contributed by atoms with E-state index in [0.29, 0.717) is 11.1 Å². The molecular weight excluding hydrogens is 553 g/mol. The first-order chi connectivity index (χ1) is 19.6. The number of fused-ring (bicyclic) bond motifs is 1. The molecule has 8 nitrogen and oxygen atoms in total. The summed E-state index contributed by atoms with van der Waals surface area (Å²) in [5, 5.41) is 22.2. The summed E-state index contributed by atoms with van der Waals surface area (Å²) in [5.74, 6) is -2.93. The molecule has 1 atom stereocenters. The molecule has 0 bridgehead atoms. The number of carboxylic acid groups (broad SMARTS) is 1. The maximum atomic E-state index is 13.3. The van der Waals surface area contributed by atoms with Crippen LogP contribution in [0.25, 0.3) is 22.0 Å². The second kappa shape index (κ2) is 11.5. The number of rotatable bonds is 7. The summed E-state index contributed by atoms with van der Waals surface area (Å²) < 4.78 is 45.1. The van der Waals surface area contributed by atoms with Crippen LogP contribution in [0.1, 0.15) is 52.7 Å². The molecule has 0 aliphatic rings. The van der Waals surface area contributed by atoms with Crippen LogP contribution in [0.4, 0.5) is 13.2 Å². The molecule has 11 heteroatoms. The average Bonchev–Trinajstić information content (AvgIpc) is 2.91. The third-order valence-electron chi connectivity index (χ3n) is 6.17. The van der Waals surface area contributed by atoms with Crippen molar-refractivity contribution in [3.63, 3.8) is 0 Å². The van der Waals surface area contributed by atoms with Crippen LogP contribution in [0.2, 0.25) is 0 Å². The molecule has 0 unspecified atom stereocenters. The van der Waals surface area contributed by atoms with Gasteiger partial charge in [-0.1, -0.05) is 30.3 Å². The van der Waals surface area contributed by atoms with Gasteiger partial charge in [-0.3, -0.25) is 4.79 Å². The van der Waals surface area contributed by atoms with Gasteiger partial charge in [0.25, 0.3) is 5.91 Å². The number of hydrogen-bond acceptors (Lipinski definition) is 6. The van der Waals surface area contributed by atoms with E-state index in [1.165, 1.54) is 42.5 Å². The predicted molar refractivity (Wildman–Crippen MR) is 148 cm³/mol. The molecule has 0 saturated carbocycles. The number of aromatic nitrogens is 1. The average molecular weight is 581 g/mol. The Kier molecular flexibility index (Phi) is 8.24. The van der Waals surface area contributed by atoms with Crippen molar-refractivity contribution in [2.45, 2.75) is 45.0 Å². The molecule has 1 heterocycles. The van der Waals surface area contributed by atoms with E-state index in [4.69, 9.17) is 4.74 Å². The topological polar surface area (TPSA) is 126 Å². The van der Waals surface area contributed by atoms with Crippen molar-refractivity contribution >= 4 is 28.7 Å². The number of alkyl halides is 3. The second-order valence-corrected chi connectivity index (χ2v) is 10.6. The maximum Gasteiger partial charge on any atom is 0.416 e. The summed E-state index contributed by atoms with van der Waals surface area (Å²) in [5.41, 5.74) is -1.02. The molecule has 1 aromatic heterocycles. The van der Waals surface area contributed by atoms with Gasteiger partial charge < -0.3 is 20.3 Å². The van der Waals surface area contributed by atoms with E-state index >= 15 is 0 Å². The highest BCUT2D eigenvalue weighted by molar-refractivity contribution is 6.07. The lowest BCUT2D eigenvalue weighted by Gasteiger charge is -2.24. The van der Waals surface area contributed by atoms with E-state index in [0.717, 1.165) is 18.2 Å². The van der Waals surface area contributed by atoms with E-state index < -0.39 is 41.2 Å². The Hall–Kier alpha value is -4.93. The Labute approximate surface area is 238 Å². The quantitative estimate of drug-likeness (QED) is 0.229. The van der Waals surface area contributed by atoms with E-state index in [9.17, 15) is 37.8 Å². The fourth-order valence-electron chi connectivity index (χ4n) is 4.24. The van der Waals surface area contributed by atoms with E-state index in [-0.39, 0.29) is 39.9 Å². The zero-order chi connectivity index (χ0) is 30.8. The van der Waals surface area contributed by atoms with Gasteiger partial charge in [0.15, 0.2) is 0 Å². The van der Waals surface area contributed by atoms with Gasteiger partial charge in [0.1, 0.15) is 23.1 Å². The zero-order valence-electron chi connectivity index (χ0n) is 22.8. The molecule has 0 fully saturated rings. The summed E-state index contributed by atoms with van der Waals surface area (Å²) in [6.07, 6.45) is -4.54. The number of nitrogens with zero attached hydrogens (tertiary/aromatic N) is 1. The third-order valence-corrected chi connectivity index (χ3v) is 6.17. The van der Waals surface area contributed by atoms with Crippen LogP contribution in [0.5, 0.6) is 5.75 Å². The monoisotopic (exact) mass is 580 g/mol. The van der Waals surface area contributed by atoms with E-state index in [1.807, 2.05) is 0 Å². The summed E-state index contributed by atoms with van der Waals surface area (Å²) in [7, 11) is 0. The molecule has 4 rings (SSSR count). The normalized spacial score (nSPS) is 12.5. The minimum Gasteiger partial charge on any atom is -0.508 e. The summed E-state index contributed by atoms with van der Waals surface area (Å²) in [6.45, 7) is 5.01. The van der Waals surface area contributed by atoms with Gasteiger partial charge >= 0.3 is 18.1 Å². The summed E-state index contributed by atoms with van der Waals surface area (Å²) in [4.78, 5) is 42.7. The van der Waals surface area contributed by atoms with Crippen molar-refractivity contribution < 1.29 is 42.5 Å². The molecule has 0 aliphatic heterocycles. The largest absolute Gasteiger partial charge is 0.508 e. The minimum absolute atomic E-state index is 0.0145. The number of aromatic carboxylic acids is 1. The molecule has 0 spiro atoms. The number of aromatic hydroxyl groups is 1. The van der Waals surface area contributed by atoms with Crippen LogP contribution < -0.4 is 5.32 Å². The van der Waals surface area contributed by atoms with Crippen molar-refractivity contribution in [3.05, 3.63) is 95.2 Å². The lowest BCUT2D eigenvalue weighted by Crippen LogP contribution is -2.45. The van der Waals surface area contributed by atoms with Crippen molar-refractivity contribution in [1.82, 2.24) is 10.3 Å². The second-order valence-electron chi connectivity index (χ2n) is 10.6. The van der Waals surface area contributed by atoms with Crippen LogP contribution >= 0.6 is 0 Å². The number of amides is 1. The number of nitrogens with one attached hydrogen (secondary N) is 1. The molecule has 218 valence electrons. The van der Waals surface area contributed by atoms with E-state index in [2.05, 4.69) is 10.3 Å². The molecule has 1 amide bonds. The summed E-state index contributed by atoms with van der Waals surface area (Å²) in [6, 6.07) is 14.8. The number of halogens is 3. The fraction of sp³-hybridized carbons (Fsp3) is 0.226. The van der Waals surface area contributed by atoms with Crippen molar-refractivity contribution in [3.8, 4) is 16.9 Å². The Morgan fingerprint density at radius 1 is 0.929 bits per heavy atom. The molecule has 3 N–H and O–H groups in total. The number of esters is 1. The van der Waals surface area contributed by atoms with Crippen LogP contribution in [0.3, 0.4) is 0 Å². The number of ether oxygens (including phenoxy) is 1. The van der Waals surface area contributed by atoms with Gasteiger partial charge in [0, 0.05) is 11.8 Å². The van der Waals surface area contributed by atoms with Gasteiger partial charge in [-0.25, -0.2) is 14.6 Å². The molecule has 3 aromatic carbocycles. The first-order valence-electron chi connectivity index (χ1n) is 12.8. The lowest BCUT2D eigenvalue weighted by molar-refractivity contribution is -0.157. The predicted octanol–water partition coefficient (Wildman–Crippen LogP) is 6.01. The third kappa shape index (κ3) is 7.22. The van der Waals surface area contributed by atoms with Crippen molar-refractivity contribution in [2.24, 2.45) is 0 Å². The van der Waals surface area contributed by atoms with E-state index in [1.54, 1.807) is 32.9 Å². The molecule has 4 aromatic rings. The van der Waals surface area contributed by atoms with Gasteiger partial charge in [0.05, 0.1) is 16.6 Å². The highest BCUT2D eigenvalue weighted by Crippen LogP contribution is 2.33. The molecule has 0 saturated heterocycles. The van der Waals surface area contributed by atoms with Crippen molar-refractivity contribution in [1.29, 1.82) is 0 Å². The number of pyridine rings is 1. The first kappa shape index (κ1) is 30.0. The van der Waals surface area contributed by atoms with Crippen LogP contribution in [0.15, 0.2) is 72.8 Å². The van der Waals surface area contributed by atoms with Crippen molar-refractivity contribution in [2.75, 3.05) is 0 Å².